The fourth-order valence-electron chi connectivity index (χ4n) is 3.25. The smallest absolute Gasteiger partial charge is 0.290 e. The molecule has 1 aromatic carbocycles. The van der Waals surface area contributed by atoms with E-state index in [1.807, 2.05) is 26.2 Å². The van der Waals surface area contributed by atoms with Crippen LogP contribution in [0.15, 0.2) is 65.8 Å². The van der Waals surface area contributed by atoms with Gasteiger partial charge in [0.25, 0.3) is 5.91 Å². The quantitative estimate of drug-likeness (QED) is 0.488. The third kappa shape index (κ3) is 4.41. The number of thiophene rings is 1. The second-order valence-electron chi connectivity index (χ2n) is 7.10. The monoisotopic (exact) mass is 413 g/mol. The first-order valence-corrected chi connectivity index (χ1v) is 10.3. The number of rotatable bonds is 9. The lowest BCUT2D eigenvalue weighted by molar-refractivity contribution is -0.857. The number of nitrogens with zero attached hydrogens (tertiary/aromatic N) is 1. The fourth-order valence-corrected chi connectivity index (χ4v) is 3.93. The van der Waals surface area contributed by atoms with Gasteiger partial charge < -0.3 is 19.6 Å². The SMILES string of the molecule is C=CCOc1ccc([C@H]2C(C(=O)c3cccs3)=C(O)C(=O)N2CC[NH+](C)C)cc1. The summed E-state index contributed by atoms with van der Waals surface area (Å²) in [6, 6.07) is 10.1. The number of ketones is 1. The first kappa shape index (κ1) is 20.8. The van der Waals surface area contributed by atoms with Gasteiger partial charge in [-0.3, -0.25) is 9.59 Å². The molecule has 2 heterocycles. The molecule has 0 spiro atoms. The molecule has 0 fully saturated rings. The Balaban J connectivity index is 1.99. The summed E-state index contributed by atoms with van der Waals surface area (Å²) in [6.45, 7) is 5.13. The van der Waals surface area contributed by atoms with E-state index in [4.69, 9.17) is 4.74 Å². The second-order valence-corrected chi connectivity index (χ2v) is 8.04. The minimum Gasteiger partial charge on any atom is -0.503 e. The Labute approximate surface area is 174 Å². The van der Waals surface area contributed by atoms with Crippen molar-refractivity contribution >= 4 is 23.0 Å². The van der Waals surface area contributed by atoms with Gasteiger partial charge in [-0.15, -0.1) is 11.3 Å². The van der Waals surface area contributed by atoms with Crippen molar-refractivity contribution < 1.29 is 24.3 Å². The molecule has 1 aliphatic rings. The van der Waals surface area contributed by atoms with Crippen molar-refractivity contribution in [1.82, 2.24) is 4.90 Å². The predicted octanol–water partition coefficient (Wildman–Crippen LogP) is 2.04. The van der Waals surface area contributed by atoms with Gasteiger partial charge in [0.1, 0.15) is 12.4 Å². The molecule has 0 aliphatic carbocycles. The highest BCUT2D eigenvalue weighted by atomic mass is 32.1. The summed E-state index contributed by atoms with van der Waals surface area (Å²) in [7, 11) is 3.98. The highest BCUT2D eigenvalue weighted by molar-refractivity contribution is 7.12. The van der Waals surface area contributed by atoms with Crippen LogP contribution in [0.5, 0.6) is 5.75 Å². The first-order valence-electron chi connectivity index (χ1n) is 9.39. The number of aliphatic hydroxyl groups is 1. The molecule has 0 bridgehead atoms. The largest absolute Gasteiger partial charge is 0.503 e. The second kappa shape index (κ2) is 9.07. The summed E-state index contributed by atoms with van der Waals surface area (Å²) in [5.74, 6) is -0.624. The van der Waals surface area contributed by atoms with Gasteiger partial charge in [0.2, 0.25) is 5.78 Å². The van der Waals surface area contributed by atoms with Crippen molar-refractivity contribution in [2.45, 2.75) is 6.04 Å². The van der Waals surface area contributed by atoms with E-state index < -0.39 is 17.7 Å². The van der Waals surface area contributed by atoms with Gasteiger partial charge in [0, 0.05) is 0 Å². The van der Waals surface area contributed by atoms with E-state index in [0.29, 0.717) is 30.3 Å². The van der Waals surface area contributed by atoms with Crippen LogP contribution in [0.2, 0.25) is 0 Å². The van der Waals surface area contributed by atoms with Crippen LogP contribution in [0.4, 0.5) is 0 Å². The molecule has 1 aromatic heterocycles. The Kier molecular flexibility index (Phi) is 6.51. The third-order valence-corrected chi connectivity index (χ3v) is 5.58. The number of quaternary nitrogens is 1. The van der Waals surface area contributed by atoms with Gasteiger partial charge in [-0.1, -0.05) is 30.9 Å². The molecule has 1 aliphatic heterocycles. The molecule has 6 nitrogen and oxygen atoms in total. The maximum absolute atomic E-state index is 13.1. The van der Waals surface area contributed by atoms with E-state index >= 15 is 0 Å². The number of hydrogen-bond acceptors (Lipinski definition) is 5. The molecule has 0 radical (unpaired) electrons. The van der Waals surface area contributed by atoms with E-state index in [-0.39, 0.29) is 11.4 Å². The van der Waals surface area contributed by atoms with Gasteiger partial charge in [-0.2, -0.15) is 0 Å². The van der Waals surface area contributed by atoms with Crippen LogP contribution in [0.1, 0.15) is 21.3 Å². The average molecular weight is 414 g/mol. The summed E-state index contributed by atoms with van der Waals surface area (Å²) < 4.78 is 5.53. The number of carbonyl (C=O) groups excluding carboxylic acids is 2. The van der Waals surface area contributed by atoms with Crippen LogP contribution >= 0.6 is 11.3 Å². The zero-order valence-electron chi connectivity index (χ0n) is 16.6. The third-order valence-electron chi connectivity index (χ3n) is 4.71. The Hall–Kier alpha value is -2.90. The van der Waals surface area contributed by atoms with Crippen LogP contribution in [0.3, 0.4) is 0 Å². The van der Waals surface area contributed by atoms with Crippen molar-refractivity contribution in [3.05, 3.63) is 76.2 Å². The molecule has 2 aromatic rings. The summed E-state index contributed by atoms with van der Waals surface area (Å²) >= 11 is 1.29. The summed E-state index contributed by atoms with van der Waals surface area (Å²) in [4.78, 5) is 29.2. The van der Waals surface area contributed by atoms with E-state index in [9.17, 15) is 14.7 Å². The molecule has 2 N–H and O–H groups in total. The molecule has 1 atom stereocenters. The van der Waals surface area contributed by atoms with E-state index in [2.05, 4.69) is 6.58 Å². The van der Waals surface area contributed by atoms with Crippen molar-refractivity contribution in [3.8, 4) is 5.75 Å². The maximum Gasteiger partial charge on any atom is 0.290 e. The number of Topliss-reactive ketones (excluding diaryl/α,β-unsaturated/α-hetero) is 1. The van der Waals surface area contributed by atoms with Crippen LogP contribution in [0, 0.1) is 0 Å². The molecule has 1 amide bonds. The number of amides is 1. The van der Waals surface area contributed by atoms with Gasteiger partial charge in [0.05, 0.1) is 43.7 Å². The lowest BCUT2D eigenvalue weighted by atomic mass is 9.95. The lowest BCUT2D eigenvalue weighted by Crippen LogP contribution is -3.06. The molecule has 29 heavy (non-hydrogen) atoms. The van der Waals surface area contributed by atoms with Crippen LogP contribution in [-0.2, 0) is 4.79 Å². The Bertz CT molecular complexity index is 917. The number of likely N-dealkylation sites (N-methyl/N-ethyl adjacent to an activating group) is 1. The number of hydrogen-bond donors (Lipinski definition) is 2. The predicted molar refractivity (Wildman–Crippen MR) is 113 cm³/mol. The zero-order valence-corrected chi connectivity index (χ0v) is 17.4. The van der Waals surface area contributed by atoms with Crippen LogP contribution < -0.4 is 9.64 Å². The Morgan fingerprint density at radius 1 is 1.31 bits per heavy atom. The first-order chi connectivity index (χ1) is 13.9. The minimum atomic E-state index is -0.634. The highest BCUT2D eigenvalue weighted by Crippen LogP contribution is 2.39. The number of benzene rings is 1. The van der Waals surface area contributed by atoms with Gasteiger partial charge >= 0.3 is 0 Å². The number of carbonyl (C=O) groups is 2. The van der Waals surface area contributed by atoms with Crippen LogP contribution in [0.25, 0.3) is 0 Å². The van der Waals surface area contributed by atoms with Crippen molar-refractivity contribution in [2.75, 3.05) is 33.8 Å². The number of ether oxygens (including phenoxy) is 1. The molecule has 3 rings (SSSR count). The fraction of sp³-hybridized carbons (Fsp3) is 0.273. The standard InChI is InChI=1S/C22H24N2O4S/c1-4-13-28-16-9-7-15(8-10-16)19-18(20(25)17-6-5-14-29-17)21(26)22(27)24(19)12-11-23(2)3/h4-10,14,19,26H,1,11-13H2,2-3H3/p+1/t19-/m0/s1. The molecule has 7 heteroatoms. The van der Waals surface area contributed by atoms with E-state index in [1.54, 1.807) is 40.6 Å². The summed E-state index contributed by atoms with van der Waals surface area (Å²) in [6.07, 6.45) is 1.66. The highest BCUT2D eigenvalue weighted by Gasteiger charge is 2.44. The summed E-state index contributed by atoms with van der Waals surface area (Å²) in [5.41, 5.74) is 0.882. The van der Waals surface area contributed by atoms with Gasteiger partial charge in [0.15, 0.2) is 5.76 Å². The topological polar surface area (TPSA) is 71.3 Å². The summed E-state index contributed by atoms with van der Waals surface area (Å²) in [5, 5.41) is 12.4. The molecular weight excluding hydrogens is 388 g/mol. The Morgan fingerprint density at radius 2 is 2.03 bits per heavy atom. The zero-order chi connectivity index (χ0) is 21.0. The molecule has 0 saturated carbocycles. The maximum atomic E-state index is 13.1. The van der Waals surface area contributed by atoms with Crippen LogP contribution in [-0.4, -0.2) is 55.5 Å². The van der Waals surface area contributed by atoms with Crippen molar-refractivity contribution in [1.29, 1.82) is 0 Å². The molecule has 0 unspecified atom stereocenters. The van der Waals surface area contributed by atoms with Gasteiger partial charge in [-0.25, -0.2) is 0 Å². The average Bonchev–Trinajstić information content (AvgIpc) is 3.33. The van der Waals surface area contributed by atoms with Gasteiger partial charge in [-0.05, 0) is 29.1 Å². The molecule has 152 valence electrons. The molecular formula is C22H25N2O4S+. The lowest BCUT2D eigenvalue weighted by Gasteiger charge is -2.27. The minimum absolute atomic E-state index is 0.131. The molecule has 0 saturated heterocycles. The van der Waals surface area contributed by atoms with E-state index in [1.165, 1.54) is 16.2 Å². The van der Waals surface area contributed by atoms with E-state index in [0.717, 1.165) is 5.56 Å². The Morgan fingerprint density at radius 3 is 2.62 bits per heavy atom. The van der Waals surface area contributed by atoms with Crippen molar-refractivity contribution in [3.63, 3.8) is 0 Å². The van der Waals surface area contributed by atoms with Crippen molar-refractivity contribution in [2.24, 2.45) is 0 Å². The number of aliphatic hydroxyl groups excluding tert-OH is 1. The number of nitrogens with one attached hydrogen (secondary N) is 1. The normalized spacial score (nSPS) is 16.6.